The Bertz CT molecular complexity index is 519. The molecule has 23 heavy (non-hydrogen) atoms. The van der Waals surface area contributed by atoms with Crippen molar-refractivity contribution in [3.05, 3.63) is 23.8 Å². The number of carbonyl (C=O) groups is 1. The van der Waals surface area contributed by atoms with Gasteiger partial charge in [-0.25, -0.2) is 0 Å². The highest BCUT2D eigenvalue weighted by Gasteiger charge is 2.24. The van der Waals surface area contributed by atoms with Crippen LogP contribution in [0.3, 0.4) is 0 Å². The van der Waals surface area contributed by atoms with E-state index in [9.17, 15) is 4.79 Å². The van der Waals surface area contributed by atoms with Crippen molar-refractivity contribution in [3.63, 3.8) is 0 Å². The van der Waals surface area contributed by atoms with E-state index in [4.69, 9.17) is 9.47 Å². The number of hydrogen-bond donors (Lipinski definition) is 1. The van der Waals surface area contributed by atoms with Crippen LogP contribution in [0, 0.1) is 11.8 Å². The monoisotopic (exact) mass is 319 g/mol. The maximum absolute atomic E-state index is 12.6. The maximum atomic E-state index is 12.6. The van der Waals surface area contributed by atoms with Crippen LogP contribution >= 0.6 is 0 Å². The molecule has 1 aromatic rings. The summed E-state index contributed by atoms with van der Waals surface area (Å²) in [6.45, 7) is 10.6. The Labute approximate surface area is 139 Å². The first-order chi connectivity index (χ1) is 11.0. The van der Waals surface area contributed by atoms with Gasteiger partial charge >= 0.3 is 0 Å². The predicted octanol–water partition coefficient (Wildman–Crippen LogP) is 3.69. The van der Waals surface area contributed by atoms with Gasteiger partial charge in [0.05, 0.1) is 19.3 Å². The van der Waals surface area contributed by atoms with Crippen molar-refractivity contribution < 1.29 is 14.3 Å². The van der Waals surface area contributed by atoms with Gasteiger partial charge < -0.3 is 14.8 Å². The Hall–Kier alpha value is -1.55. The summed E-state index contributed by atoms with van der Waals surface area (Å²) in [5, 5.41) is 3.26. The van der Waals surface area contributed by atoms with E-state index in [-0.39, 0.29) is 11.8 Å². The van der Waals surface area contributed by atoms with Crippen molar-refractivity contribution in [1.29, 1.82) is 0 Å². The number of hydrogen-bond acceptors (Lipinski definition) is 4. The van der Waals surface area contributed by atoms with E-state index in [2.05, 4.69) is 33.0 Å². The molecular weight excluding hydrogens is 290 g/mol. The fourth-order valence-corrected chi connectivity index (χ4v) is 2.52. The Morgan fingerprint density at radius 3 is 2.35 bits per heavy atom. The van der Waals surface area contributed by atoms with E-state index in [0.717, 1.165) is 25.1 Å². The van der Waals surface area contributed by atoms with Gasteiger partial charge in [-0.15, -0.1) is 0 Å². The summed E-state index contributed by atoms with van der Waals surface area (Å²) in [7, 11) is 0. The zero-order valence-corrected chi connectivity index (χ0v) is 14.7. The summed E-state index contributed by atoms with van der Waals surface area (Å²) in [4.78, 5) is 12.6. The smallest absolute Gasteiger partial charge is 0.179 e. The van der Waals surface area contributed by atoms with Crippen molar-refractivity contribution in [3.8, 4) is 11.5 Å². The molecule has 1 heterocycles. The van der Waals surface area contributed by atoms with Crippen molar-refractivity contribution in [2.24, 2.45) is 11.8 Å². The van der Waals surface area contributed by atoms with Crippen LogP contribution < -0.4 is 14.8 Å². The molecule has 1 aromatic carbocycles. The van der Waals surface area contributed by atoms with Crippen molar-refractivity contribution in [2.75, 3.05) is 19.8 Å². The van der Waals surface area contributed by atoms with Crippen molar-refractivity contribution in [1.82, 2.24) is 5.32 Å². The summed E-state index contributed by atoms with van der Waals surface area (Å²) in [6, 6.07) is 5.48. The Balaban J connectivity index is 2.17. The minimum absolute atomic E-state index is 0.0598. The lowest BCUT2D eigenvalue weighted by Gasteiger charge is -2.17. The van der Waals surface area contributed by atoms with Crippen molar-refractivity contribution in [2.45, 2.75) is 46.6 Å². The van der Waals surface area contributed by atoms with E-state index in [1.54, 1.807) is 0 Å². The molecule has 1 aliphatic heterocycles. The zero-order valence-electron chi connectivity index (χ0n) is 14.7. The minimum atomic E-state index is -0.0598. The molecule has 1 N–H and O–H groups in total. The number of Topliss-reactive ketones (excluding diaryl/α,β-unsaturated/α-hetero) is 1. The molecule has 1 fully saturated rings. The first-order valence-corrected chi connectivity index (χ1v) is 8.64. The molecule has 1 saturated heterocycles. The molecule has 4 heteroatoms. The number of rotatable bonds is 8. The lowest BCUT2D eigenvalue weighted by molar-refractivity contribution is 0.0951. The summed E-state index contributed by atoms with van der Waals surface area (Å²) in [5.41, 5.74) is 0.694. The molecule has 1 aliphatic rings. The summed E-state index contributed by atoms with van der Waals surface area (Å²) < 4.78 is 11.7. The first-order valence-electron chi connectivity index (χ1n) is 8.64. The molecule has 0 radical (unpaired) electrons. The van der Waals surface area contributed by atoms with Crippen LogP contribution in [0.1, 0.15) is 50.9 Å². The standard InChI is InChI=1S/C19H29NO3/c1-13(2)11-22-17-8-7-15(10-18(17)23-12-14(3)4)19(21)16-6-5-9-20-16/h7-8,10,13-14,16,20H,5-6,9,11-12H2,1-4H3. The highest BCUT2D eigenvalue weighted by atomic mass is 16.5. The minimum Gasteiger partial charge on any atom is -0.489 e. The maximum Gasteiger partial charge on any atom is 0.179 e. The van der Waals surface area contributed by atoms with Crippen LogP contribution in [0.5, 0.6) is 11.5 Å². The molecule has 1 atom stereocenters. The lowest BCUT2D eigenvalue weighted by Crippen LogP contribution is -2.30. The van der Waals surface area contributed by atoms with Gasteiger partial charge in [0, 0.05) is 5.56 Å². The number of ketones is 1. The molecule has 0 bridgehead atoms. The molecule has 2 rings (SSSR count). The second-order valence-electron chi connectivity index (χ2n) is 7.08. The average Bonchev–Trinajstić information content (AvgIpc) is 3.04. The van der Waals surface area contributed by atoms with Gasteiger partial charge in [0.2, 0.25) is 0 Å². The molecule has 0 aliphatic carbocycles. The lowest BCUT2D eigenvalue weighted by atomic mass is 10.0. The third kappa shape index (κ3) is 5.24. The third-order valence-corrected chi connectivity index (χ3v) is 3.75. The normalized spacial score (nSPS) is 17.7. The van der Waals surface area contributed by atoms with Crippen molar-refractivity contribution >= 4 is 5.78 Å². The van der Waals surface area contributed by atoms with Gasteiger partial charge in [0.25, 0.3) is 0 Å². The van der Waals surface area contributed by atoms with Gasteiger partial charge in [-0.05, 0) is 49.4 Å². The summed E-state index contributed by atoms with van der Waals surface area (Å²) >= 11 is 0. The molecule has 0 saturated carbocycles. The molecule has 0 amide bonds. The number of carbonyl (C=O) groups excluding carboxylic acids is 1. The highest BCUT2D eigenvalue weighted by molar-refractivity contribution is 6.00. The summed E-state index contributed by atoms with van der Waals surface area (Å²) in [5.74, 6) is 2.39. The Morgan fingerprint density at radius 1 is 1.13 bits per heavy atom. The largest absolute Gasteiger partial charge is 0.489 e. The number of nitrogens with one attached hydrogen (secondary N) is 1. The second-order valence-corrected chi connectivity index (χ2v) is 7.08. The SMILES string of the molecule is CC(C)COc1ccc(C(=O)C2CCCN2)cc1OCC(C)C. The zero-order chi connectivity index (χ0) is 16.8. The molecule has 4 nitrogen and oxygen atoms in total. The Kier molecular flexibility index (Phi) is 6.46. The highest BCUT2D eigenvalue weighted by Crippen LogP contribution is 2.30. The van der Waals surface area contributed by atoms with Crippen LogP contribution in [0.4, 0.5) is 0 Å². The van der Waals surface area contributed by atoms with Crippen LogP contribution in [-0.4, -0.2) is 31.6 Å². The molecule has 0 spiro atoms. The average molecular weight is 319 g/mol. The molecular formula is C19H29NO3. The molecule has 128 valence electrons. The second kappa shape index (κ2) is 8.34. The quantitative estimate of drug-likeness (QED) is 0.742. The Morgan fingerprint density at radius 2 is 1.78 bits per heavy atom. The topological polar surface area (TPSA) is 47.6 Å². The van der Waals surface area contributed by atoms with Gasteiger partial charge in [-0.2, -0.15) is 0 Å². The van der Waals surface area contributed by atoms with Gasteiger partial charge in [0.15, 0.2) is 17.3 Å². The van der Waals surface area contributed by atoms with Gasteiger partial charge in [-0.3, -0.25) is 4.79 Å². The summed E-state index contributed by atoms with van der Waals surface area (Å²) in [6.07, 6.45) is 1.97. The van der Waals surface area contributed by atoms with Crippen LogP contribution in [0.15, 0.2) is 18.2 Å². The van der Waals surface area contributed by atoms with E-state index in [0.29, 0.717) is 36.4 Å². The van der Waals surface area contributed by atoms with Gasteiger partial charge in [0.1, 0.15) is 0 Å². The van der Waals surface area contributed by atoms with Crippen LogP contribution in [0.2, 0.25) is 0 Å². The van der Waals surface area contributed by atoms with E-state index >= 15 is 0 Å². The first kappa shape index (κ1) is 17.8. The molecule has 1 unspecified atom stereocenters. The van der Waals surface area contributed by atoms with Gasteiger partial charge in [-0.1, -0.05) is 27.7 Å². The number of benzene rings is 1. The van der Waals surface area contributed by atoms with E-state index < -0.39 is 0 Å². The predicted molar refractivity (Wildman–Crippen MR) is 92.5 cm³/mol. The van der Waals surface area contributed by atoms with Crippen LogP contribution in [-0.2, 0) is 0 Å². The van der Waals surface area contributed by atoms with Crippen LogP contribution in [0.25, 0.3) is 0 Å². The fraction of sp³-hybridized carbons (Fsp3) is 0.632. The third-order valence-electron chi connectivity index (χ3n) is 3.75. The fourth-order valence-electron chi connectivity index (χ4n) is 2.52. The number of ether oxygens (including phenoxy) is 2. The van der Waals surface area contributed by atoms with E-state index in [1.807, 2.05) is 18.2 Å². The van der Waals surface area contributed by atoms with E-state index in [1.165, 1.54) is 0 Å². The molecule has 0 aromatic heterocycles.